The van der Waals surface area contributed by atoms with E-state index in [1.165, 1.54) is 21.7 Å². The van der Waals surface area contributed by atoms with Crippen LogP contribution in [0.3, 0.4) is 0 Å². The molecule has 0 bridgehead atoms. The van der Waals surface area contributed by atoms with E-state index in [9.17, 15) is 0 Å². The van der Waals surface area contributed by atoms with E-state index in [0.717, 1.165) is 38.3 Å². The molecule has 2 N–H and O–H groups in total. The van der Waals surface area contributed by atoms with Crippen molar-refractivity contribution >= 4 is 17.3 Å². The molecule has 0 saturated carbocycles. The molecule has 25 heavy (non-hydrogen) atoms. The monoisotopic (exact) mass is 350 g/mol. The van der Waals surface area contributed by atoms with Crippen LogP contribution in [0.1, 0.15) is 28.1 Å². The number of aryl methyl sites for hydroxylation is 1. The number of benzene rings is 1. The summed E-state index contributed by atoms with van der Waals surface area (Å²) in [4.78, 5) is 10.6. The summed E-state index contributed by atoms with van der Waals surface area (Å²) < 4.78 is 0. The zero-order chi connectivity index (χ0) is 16.9. The maximum Gasteiger partial charge on any atom is 0.223 e. The van der Waals surface area contributed by atoms with Gasteiger partial charge >= 0.3 is 0 Å². The van der Waals surface area contributed by atoms with Gasteiger partial charge in [0.1, 0.15) is 0 Å². The van der Waals surface area contributed by atoms with Crippen molar-refractivity contribution < 1.29 is 0 Å². The van der Waals surface area contributed by atoms with Crippen LogP contribution in [-0.2, 0) is 25.9 Å². The highest BCUT2D eigenvalue weighted by Gasteiger charge is 2.20. The number of hydrogen-bond donors (Lipinski definition) is 2. The Balaban J connectivity index is 1.34. The van der Waals surface area contributed by atoms with Crippen molar-refractivity contribution in [3.63, 3.8) is 0 Å². The second-order valence-electron chi connectivity index (χ2n) is 6.40. The lowest BCUT2D eigenvalue weighted by Gasteiger charge is -2.24. The summed E-state index contributed by atoms with van der Waals surface area (Å²) >= 11 is 1.81. The number of nitrogens with one attached hydrogen (secondary N) is 2. The van der Waals surface area contributed by atoms with Gasteiger partial charge in [0.05, 0.1) is 0 Å². The van der Waals surface area contributed by atoms with Crippen molar-refractivity contribution in [3.05, 3.63) is 75.7 Å². The van der Waals surface area contributed by atoms with Gasteiger partial charge in [-0.15, -0.1) is 11.3 Å². The van der Waals surface area contributed by atoms with E-state index in [0.29, 0.717) is 6.04 Å². The van der Waals surface area contributed by atoms with Crippen molar-refractivity contribution in [2.45, 2.75) is 38.4 Å². The smallest absolute Gasteiger partial charge is 0.223 e. The Labute approximate surface area is 152 Å². The van der Waals surface area contributed by atoms with Crippen LogP contribution in [0.25, 0.3) is 0 Å². The summed E-state index contributed by atoms with van der Waals surface area (Å²) in [7, 11) is 0. The topological polar surface area (TPSA) is 49.8 Å². The Morgan fingerprint density at radius 2 is 2.00 bits per heavy atom. The van der Waals surface area contributed by atoms with Gasteiger partial charge in [-0.3, -0.25) is 0 Å². The van der Waals surface area contributed by atoms with Crippen LogP contribution in [0.15, 0.2) is 54.0 Å². The highest BCUT2D eigenvalue weighted by Crippen LogP contribution is 2.21. The summed E-state index contributed by atoms with van der Waals surface area (Å²) in [6, 6.07) is 15.1. The molecule has 1 aliphatic carbocycles. The molecular weight excluding hydrogens is 328 g/mol. The summed E-state index contributed by atoms with van der Waals surface area (Å²) in [5, 5.41) is 9.12. The number of nitrogens with zero attached hydrogens (tertiary/aromatic N) is 2. The highest BCUT2D eigenvalue weighted by atomic mass is 32.1. The van der Waals surface area contributed by atoms with Gasteiger partial charge in [0.25, 0.3) is 0 Å². The summed E-state index contributed by atoms with van der Waals surface area (Å²) in [5.41, 5.74) is 3.71. The normalized spacial score (nSPS) is 16.4. The van der Waals surface area contributed by atoms with Crippen LogP contribution in [-0.4, -0.2) is 16.0 Å². The number of aromatic nitrogens is 2. The maximum absolute atomic E-state index is 4.72. The van der Waals surface area contributed by atoms with E-state index in [1.807, 2.05) is 35.7 Å². The van der Waals surface area contributed by atoms with Crippen LogP contribution in [0, 0.1) is 0 Å². The predicted octanol–water partition coefficient (Wildman–Crippen LogP) is 3.80. The van der Waals surface area contributed by atoms with E-state index < -0.39 is 0 Å². The number of thiophene rings is 1. The lowest BCUT2D eigenvalue weighted by atomic mass is 9.93. The largest absolute Gasteiger partial charge is 0.350 e. The molecule has 2 heterocycles. The molecule has 128 valence electrons. The van der Waals surface area contributed by atoms with Crippen LogP contribution < -0.4 is 10.6 Å². The third kappa shape index (κ3) is 4.24. The number of fused-ring (bicyclic) bond motifs is 1. The molecule has 1 aromatic carbocycles. The molecule has 0 saturated heterocycles. The molecule has 4 nitrogen and oxygen atoms in total. The molecule has 0 unspecified atom stereocenters. The van der Waals surface area contributed by atoms with E-state index in [-0.39, 0.29) is 0 Å². The number of rotatable bonds is 6. The minimum atomic E-state index is 0.515. The molecule has 2 aromatic heterocycles. The molecule has 0 spiro atoms. The molecule has 0 radical (unpaired) electrons. The van der Waals surface area contributed by atoms with Gasteiger partial charge in [-0.25, -0.2) is 9.97 Å². The lowest BCUT2D eigenvalue weighted by Crippen LogP contribution is -2.34. The Kier molecular flexibility index (Phi) is 5.04. The second kappa shape index (κ2) is 7.76. The van der Waals surface area contributed by atoms with Gasteiger partial charge in [0, 0.05) is 35.9 Å². The predicted molar refractivity (Wildman–Crippen MR) is 103 cm³/mol. The van der Waals surface area contributed by atoms with Crippen LogP contribution >= 0.6 is 11.3 Å². The summed E-state index contributed by atoms with van der Waals surface area (Å²) in [6.45, 7) is 1.71. The third-order valence-electron chi connectivity index (χ3n) is 4.59. The minimum Gasteiger partial charge on any atom is -0.350 e. The third-order valence-corrected chi connectivity index (χ3v) is 5.47. The molecule has 3 aromatic rings. The van der Waals surface area contributed by atoms with Gasteiger partial charge in [-0.05, 0) is 41.8 Å². The number of hydrogen-bond acceptors (Lipinski definition) is 5. The molecule has 0 aliphatic heterocycles. The van der Waals surface area contributed by atoms with E-state index in [1.54, 1.807) is 0 Å². The molecule has 1 aliphatic rings. The fourth-order valence-corrected chi connectivity index (χ4v) is 3.86. The fourth-order valence-electron chi connectivity index (χ4n) is 3.20. The van der Waals surface area contributed by atoms with E-state index in [2.05, 4.69) is 45.3 Å². The zero-order valence-corrected chi connectivity index (χ0v) is 14.9. The first kappa shape index (κ1) is 16.2. The van der Waals surface area contributed by atoms with Crippen LogP contribution in [0.5, 0.6) is 0 Å². The molecule has 0 amide bonds. The van der Waals surface area contributed by atoms with Gasteiger partial charge < -0.3 is 10.6 Å². The van der Waals surface area contributed by atoms with Crippen molar-refractivity contribution in [3.8, 4) is 0 Å². The summed E-state index contributed by atoms with van der Waals surface area (Å²) in [5.74, 6) is 0.729. The van der Waals surface area contributed by atoms with Crippen molar-refractivity contribution in [1.29, 1.82) is 0 Å². The maximum atomic E-state index is 4.72. The fraction of sp³-hybridized carbons (Fsp3) is 0.300. The molecule has 4 rings (SSSR count). The standard InChI is InChI=1S/C20H22N4S/c1-2-5-15(6-3-1)12-22-20-23-13-16-11-17(8-9-19(16)24-20)21-14-18-7-4-10-25-18/h1-7,10,13,17,21H,8-9,11-12,14H2,(H,22,23,24)/t17-/m1/s1. The van der Waals surface area contributed by atoms with Gasteiger partial charge in [0.15, 0.2) is 0 Å². The quantitative estimate of drug-likeness (QED) is 0.710. The lowest BCUT2D eigenvalue weighted by molar-refractivity contribution is 0.454. The zero-order valence-electron chi connectivity index (χ0n) is 14.1. The van der Waals surface area contributed by atoms with Gasteiger partial charge in [-0.1, -0.05) is 36.4 Å². The number of anilines is 1. The SMILES string of the molecule is c1ccc(CNc2ncc3c(n2)CC[C@@H](NCc2cccs2)C3)cc1. The first-order valence-corrected chi connectivity index (χ1v) is 9.63. The average molecular weight is 350 g/mol. The Morgan fingerprint density at radius 3 is 2.84 bits per heavy atom. The highest BCUT2D eigenvalue weighted by molar-refractivity contribution is 7.09. The molecule has 0 fully saturated rings. The second-order valence-corrected chi connectivity index (χ2v) is 7.44. The van der Waals surface area contributed by atoms with Crippen LogP contribution in [0.2, 0.25) is 0 Å². The Hall–Kier alpha value is -2.24. The van der Waals surface area contributed by atoms with E-state index >= 15 is 0 Å². The first-order chi connectivity index (χ1) is 12.4. The first-order valence-electron chi connectivity index (χ1n) is 8.75. The molecule has 1 atom stereocenters. The summed E-state index contributed by atoms with van der Waals surface area (Å²) in [6.07, 6.45) is 5.15. The molecular formula is C20H22N4S. The average Bonchev–Trinajstić information content (AvgIpc) is 3.19. The van der Waals surface area contributed by atoms with Crippen molar-refractivity contribution in [1.82, 2.24) is 15.3 Å². The Bertz CT molecular complexity index is 802. The van der Waals surface area contributed by atoms with Crippen molar-refractivity contribution in [2.75, 3.05) is 5.32 Å². The van der Waals surface area contributed by atoms with Gasteiger partial charge in [0.2, 0.25) is 5.95 Å². The minimum absolute atomic E-state index is 0.515. The van der Waals surface area contributed by atoms with Crippen molar-refractivity contribution in [2.24, 2.45) is 0 Å². The Morgan fingerprint density at radius 1 is 1.08 bits per heavy atom. The van der Waals surface area contributed by atoms with Gasteiger partial charge in [-0.2, -0.15) is 0 Å². The van der Waals surface area contributed by atoms with E-state index in [4.69, 9.17) is 4.98 Å². The molecule has 5 heteroatoms. The van der Waals surface area contributed by atoms with Crippen LogP contribution in [0.4, 0.5) is 5.95 Å².